The number of hydrogen-bond acceptors (Lipinski definition) is 4. The van der Waals surface area contributed by atoms with E-state index in [1.54, 1.807) is 25.9 Å². The number of halogens is 1. The van der Waals surface area contributed by atoms with E-state index >= 15 is 0 Å². The van der Waals surface area contributed by atoms with E-state index in [2.05, 4.69) is 4.98 Å². The molecule has 0 aliphatic rings. The number of nitrogens with zero attached hydrogens (tertiary/aromatic N) is 3. The van der Waals surface area contributed by atoms with Crippen molar-refractivity contribution in [1.29, 1.82) is 10.5 Å². The van der Waals surface area contributed by atoms with Crippen molar-refractivity contribution in [2.24, 2.45) is 0 Å². The number of aromatic nitrogens is 1. The quantitative estimate of drug-likeness (QED) is 0.921. The molecular weight excluding hydrogens is 283 g/mol. The third-order valence-electron chi connectivity index (χ3n) is 3.24. The number of aryl methyl sites for hydroxylation is 1. The fourth-order valence-corrected chi connectivity index (χ4v) is 2.37. The Hall–Kier alpha value is -3.12. The Kier molecular flexibility index (Phi) is 3.96. The third-order valence-corrected chi connectivity index (χ3v) is 3.24. The number of nitrogens with one attached hydrogen (secondary N) is 1. The molecule has 0 atom stereocenters. The van der Waals surface area contributed by atoms with Gasteiger partial charge in [-0.1, -0.05) is 0 Å². The first-order valence-electron chi connectivity index (χ1n) is 6.45. The molecule has 5 nitrogen and oxygen atoms in total. The smallest absolute Gasteiger partial charge is 0.266 e. The topological polar surface area (TPSA) is 83.7 Å². The van der Waals surface area contributed by atoms with Gasteiger partial charge in [-0.05, 0) is 25.1 Å². The van der Waals surface area contributed by atoms with E-state index in [4.69, 9.17) is 0 Å². The molecule has 1 N–H and O–H groups in total. The SMILES string of the molecule is Cc1cc(-c2c(F)ccc(C#N)c2N(C)C)c(C#N)c(=O)[nH]1. The zero-order valence-corrected chi connectivity index (χ0v) is 12.4. The maximum absolute atomic E-state index is 14.4. The molecule has 22 heavy (non-hydrogen) atoms. The summed E-state index contributed by atoms with van der Waals surface area (Å²) in [5.74, 6) is -0.593. The largest absolute Gasteiger partial charge is 0.376 e. The van der Waals surface area contributed by atoms with Crippen LogP contribution in [0.5, 0.6) is 0 Å². The number of aromatic amines is 1. The molecule has 1 aromatic carbocycles. The van der Waals surface area contributed by atoms with E-state index in [9.17, 15) is 19.7 Å². The maximum Gasteiger partial charge on any atom is 0.266 e. The molecule has 0 spiro atoms. The first-order valence-corrected chi connectivity index (χ1v) is 6.45. The number of nitriles is 2. The van der Waals surface area contributed by atoms with E-state index in [1.165, 1.54) is 18.2 Å². The third kappa shape index (κ3) is 2.43. The Morgan fingerprint density at radius 2 is 1.91 bits per heavy atom. The van der Waals surface area contributed by atoms with Crippen LogP contribution in [-0.2, 0) is 0 Å². The van der Waals surface area contributed by atoms with E-state index in [0.29, 0.717) is 11.4 Å². The summed E-state index contributed by atoms with van der Waals surface area (Å²) in [5.41, 5.74) is 0.612. The van der Waals surface area contributed by atoms with Gasteiger partial charge in [0.05, 0.1) is 11.3 Å². The predicted molar refractivity (Wildman–Crippen MR) is 81.0 cm³/mol. The Labute approximate surface area is 126 Å². The minimum Gasteiger partial charge on any atom is -0.376 e. The average molecular weight is 296 g/mol. The summed E-state index contributed by atoms with van der Waals surface area (Å²) in [6.07, 6.45) is 0. The number of anilines is 1. The van der Waals surface area contributed by atoms with Crippen molar-refractivity contribution in [2.45, 2.75) is 6.92 Å². The monoisotopic (exact) mass is 296 g/mol. The second-order valence-electron chi connectivity index (χ2n) is 5.01. The van der Waals surface area contributed by atoms with Crippen LogP contribution in [0.2, 0.25) is 0 Å². The van der Waals surface area contributed by atoms with Crippen molar-refractivity contribution in [3.63, 3.8) is 0 Å². The van der Waals surface area contributed by atoms with Gasteiger partial charge in [-0.3, -0.25) is 4.79 Å². The molecule has 2 rings (SSSR count). The van der Waals surface area contributed by atoms with Crippen molar-refractivity contribution in [2.75, 3.05) is 19.0 Å². The molecule has 0 amide bonds. The highest BCUT2D eigenvalue weighted by Crippen LogP contribution is 2.36. The van der Waals surface area contributed by atoms with Crippen LogP contribution in [0.3, 0.4) is 0 Å². The van der Waals surface area contributed by atoms with Gasteiger partial charge in [-0.2, -0.15) is 10.5 Å². The van der Waals surface area contributed by atoms with Crippen LogP contribution in [0.25, 0.3) is 11.1 Å². The lowest BCUT2D eigenvalue weighted by atomic mass is 9.96. The Bertz CT molecular complexity index is 885. The van der Waals surface area contributed by atoms with Crippen LogP contribution in [0.4, 0.5) is 10.1 Å². The van der Waals surface area contributed by atoms with Gasteiger partial charge in [0, 0.05) is 30.9 Å². The Morgan fingerprint density at radius 1 is 1.23 bits per heavy atom. The minimum atomic E-state index is -0.593. The van der Waals surface area contributed by atoms with Gasteiger partial charge < -0.3 is 9.88 Å². The Morgan fingerprint density at radius 3 is 2.45 bits per heavy atom. The van der Waals surface area contributed by atoms with Crippen molar-refractivity contribution >= 4 is 5.69 Å². The van der Waals surface area contributed by atoms with Gasteiger partial charge in [-0.15, -0.1) is 0 Å². The molecule has 6 heteroatoms. The molecule has 0 saturated carbocycles. The fourth-order valence-electron chi connectivity index (χ4n) is 2.37. The van der Waals surface area contributed by atoms with Crippen LogP contribution in [-0.4, -0.2) is 19.1 Å². The van der Waals surface area contributed by atoms with Gasteiger partial charge in [0.1, 0.15) is 23.5 Å². The summed E-state index contributed by atoms with van der Waals surface area (Å²) < 4.78 is 14.4. The van der Waals surface area contributed by atoms with Gasteiger partial charge in [0.25, 0.3) is 5.56 Å². The van der Waals surface area contributed by atoms with Crippen LogP contribution >= 0.6 is 0 Å². The molecule has 2 aromatic rings. The molecular formula is C16H13FN4O. The molecule has 0 fully saturated rings. The van der Waals surface area contributed by atoms with E-state index in [0.717, 1.165) is 0 Å². The van der Waals surface area contributed by atoms with E-state index < -0.39 is 11.4 Å². The molecule has 0 aliphatic carbocycles. The summed E-state index contributed by atoms with van der Waals surface area (Å²) >= 11 is 0. The Balaban J connectivity index is 3.00. The maximum atomic E-state index is 14.4. The van der Waals surface area contributed by atoms with E-state index in [-0.39, 0.29) is 22.3 Å². The number of hydrogen-bond donors (Lipinski definition) is 1. The summed E-state index contributed by atoms with van der Waals surface area (Å²) in [6, 6.07) is 7.89. The second kappa shape index (κ2) is 5.71. The first kappa shape index (κ1) is 15.3. The number of rotatable bonds is 2. The summed E-state index contributed by atoms with van der Waals surface area (Å²) in [4.78, 5) is 16.0. The standard InChI is InChI=1S/C16H13FN4O/c1-9-6-11(12(8-19)16(22)20-9)14-13(17)5-4-10(7-18)15(14)21(2)3/h4-6H,1-3H3,(H,20,22). The molecule has 0 radical (unpaired) electrons. The number of benzene rings is 1. The lowest BCUT2D eigenvalue weighted by molar-refractivity contribution is 0.631. The zero-order chi connectivity index (χ0) is 16.4. The molecule has 0 bridgehead atoms. The fraction of sp³-hybridized carbons (Fsp3) is 0.188. The average Bonchev–Trinajstić information content (AvgIpc) is 2.46. The molecule has 1 aromatic heterocycles. The molecule has 0 unspecified atom stereocenters. The molecule has 1 heterocycles. The van der Waals surface area contributed by atoms with Gasteiger partial charge in [-0.25, -0.2) is 4.39 Å². The van der Waals surface area contributed by atoms with Gasteiger partial charge in [0.15, 0.2) is 0 Å². The van der Waals surface area contributed by atoms with Crippen LogP contribution < -0.4 is 10.5 Å². The minimum absolute atomic E-state index is 0.0785. The summed E-state index contributed by atoms with van der Waals surface area (Å²) in [6.45, 7) is 1.65. The lowest BCUT2D eigenvalue weighted by Gasteiger charge is -2.20. The summed E-state index contributed by atoms with van der Waals surface area (Å²) in [7, 11) is 3.34. The lowest BCUT2D eigenvalue weighted by Crippen LogP contribution is -2.16. The van der Waals surface area contributed by atoms with Crippen molar-refractivity contribution < 1.29 is 4.39 Å². The van der Waals surface area contributed by atoms with Crippen molar-refractivity contribution in [3.05, 3.63) is 51.2 Å². The number of H-pyrrole nitrogens is 1. The first-order chi connectivity index (χ1) is 10.4. The van der Waals surface area contributed by atoms with E-state index in [1.807, 2.05) is 12.1 Å². The molecule has 0 saturated heterocycles. The second-order valence-corrected chi connectivity index (χ2v) is 5.01. The van der Waals surface area contributed by atoms with Gasteiger partial charge >= 0.3 is 0 Å². The van der Waals surface area contributed by atoms with Gasteiger partial charge in [0.2, 0.25) is 0 Å². The van der Waals surface area contributed by atoms with Crippen molar-refractivity contribution in [1.82, 2.24) is 4.98 Å². The molecule has 110 valence electrons. The highest BCUT2D eigenvalue weighted by Gasteiger charge is 2.21. The van der Waals surface area contributed by atoms with Crippen LogP contribution in [0.1, 0.15) is 16.8 Å². The van der Waals surface area contributed by atoms with Crippen molar-refractivity contribution in [3.8, 4) is 23.3 Å². The highest BCUT2D eigenvalue weighted by atomic mass is 19.1. The van der Waals surface area contributed by atoms with Crippen LogP contribution in [0.15, 0.2) is 23.0 Å². The number of pyridine rings is 1. The normalized spacial score (nSPS) is 9.91. The highest BCUT2D eigenvalue weighted by molar-refractivity contribution is 5.85. The predicted octanol–water partition coefficient (Wildman–Crippen LogP) is 2.30. The zero-order valence-electron chi connectivity index (χ0n) is 12.4. The van der Waals surface area contributed by atoms with Crippen LogP contribution in [0, 0.1) is 35.4 Å². The summed E-state index contributed by atoms with van der Waals surface area (Å²) in [5, 5.41) is 18.5. The molecule has 0 aliphatic heterocycles.